The maximum atomic E-state index is 11.3. The molecule has 1 amide bonds. The fourth-order valence-electron chi connectivity index (χ4n) is 2.33. The second-order valence-corrected chi connectivity index (χ2v) is 4.59. The average Bonchev–Trinajstić information content (AvgIpc) is 2.30. The zero-order valence-electron chi connectivity index (χ0n) is 9.97. The third-order valence-electron chi connectivity index (χ3n) is 3.41. The van der Waals surface area contributed by atoms with Gasteiger partial charge in [-0.05, 0) is 31.9 Å². The maximum Gasteiger partial charge on any atom is 0.222 e. The lowest BCUT2D eigenvalue weighted by Gasteiger charge is -2.38. The monoisotopic (exact) mass is 234 g/mol. The summed E-state index contributed by atoms with van der Waals surface area (Å²) in [5.41, 5.74) is 12.1. The Hall–Kier alpha value is -1.78. The van der Waals surface area contributed by atoms with E-state index in [2.05, 4.69) is 16.8 Å². The van der Waals surface area contributed by atoms with E-state index in [1.54, 1.807) is 6.20 Å². The number of carbonyl (C=O) groups is 1. The molecule has 1 aliphatic rings. The number of amides is 1. The minimum absolute atomic E-state index is 0.0918. The maximum absolute atomic E-state index is 11.3. The summed E-state index contributed by atoms with van der Waals surface area (Å²) in [6.07, 6.45) is 3.47. The molecule has 0 aromatic carbocycles. The molecule has 4 N–H and O–H groups in total. The molecule has 5 nitrogen and oxygen atoms in total. The van der Waals surface area contributed by atoms with Gasteiger partial charge in [0.1, 0.15) is 5.82 Å². The number of hydrogen-bond acceptors (Lipinski definition) is 4. The Bertz CT molecular complexity index is 421. The van der Waals surface area contributed by atoms with Gasteiger partial charge < -0.3 is 16.4 Å². The number of anilines is 2. The lowest BCUT2D eigenvalue weighted by Crippen LogP contribution is -2.46. The minimum Gasteiger partial charge on any atom is -0.382 e. The van der Waals surface area contributed by atoms with Crippen molar-refractivity contribution in [1.82, 2.24) is 4.98 Å². The van der Waals surface area contributed by atoms with Crippen LogP contribution in [-0.4, -0.2) is 23.5 Å². The van der Waals surface area contributed by atoms with Gasteiger partial charge in [-0.15, -0.1) is 0 Å². The van der Waals surface area contributed by atoms with E-state index in [9.17, 15) is 4.79 Å². The lowest BCUT2D eigenvalue weighted by atomic mass is 9.92. The molecular formula is C12H18N4O. The van der Waals surface area contributed by atoms with Crippen molar-refractivity contribution in [2.24, 2.45) is 11.7 Å². The first kappa shape index (κ1) is 11.7. The Morgan fingerprint density at radius 3 is 2.94 bits per heavy atom. The Balaban J connectivity index is 2.24. The summed E-state index contributed by atoms with van der Waals surface area (Å²) >= 11 is 0. The van der Waals surface area contributed by atoms with Crippen LogP contribution in [0.25, 0.3) is 0 Å². The van der Waals surface area contributed by atoms with Crippen LogP contribution in [0.2, 0.25) is 0 Å². The van der Waals surface area contributed by atoms with Crippen molar-refractivity contribution in [3.8, 4) is 0 Å². The zero-order chi connectivity index (χ0) is 12.4. The second kappa shape index (κ2) is 4.61. The molecule has 5 heteroatoms. The number of nitrogens with zero attached hydrogens (tertiary/aromatic N) is 2. The number of piperidine rings is 1. The van der Waals surface area contributed by atoms with Crippen LogP contribution in [0.4, 0.5) is 11.5 Å². The summed E-state index contributed by atoms with van der Waals surface area (Å²) in [5.74, 6) is 0.180. The SMILES string of the molecule is CC1CCC(C(N)=O)CN1c1cccnc1N. The van der Waals surface area contributed by atoms with Gasteiger partial charge in [0.2, 0.25) is 5.91 Å². The van der Waals surface area contributed by atoms with Gasteiger partial charge in [0.15, 0.2) is 0 Å². The van der Waals surface area contributed by atoms with Gasteiger partial charge in [-0.1, -0.05) is 0 Å². The van der Waals surface area contributed by atoms with Crippen molar-refractivity contribution >= 4 is 17.4 Å². The molecule has 2 atom stereocenters. The van der Waals surface area contributed by atoms with Crippen LogP contribution in [0, 0.1) is 5.92 Å². The number of rotatable bonds is 2. The standard InChI is InChI=1S/C12H18N4O/c1-8-4-5-9(12(14)17)7-16(8)10-3-2-6-15-11(10)13/h2-3,6,8-9H,4-5,7H2,1H3,(H2,13,15)(H2,14,17). The predicted molar refractivity (Wildman–Crippen MR) is 67.4 cm³/mol. The summed E-state index contributed by atoms with van der Waals surface area (Å²) < 4.78 is 0. The normalized spacial score (nSPS) is 24.6. The Morgan fingerprint density at radius 1 is 1.53 bits per heavy atom. The molecule has 2 heterocycles. The summed E-state index contributed by atoms with van der Waals surface area (Å²) in [6, 6.07) is 4.14. The quantitative estimate of drug-likeness (QED) is 0.791. The fourth-order valence-corrected chi connectivity index (χ4v) is 2.33. The van der Waals surface area contributed by atoms with Gasteiger partial charge in [0.05, 0.1) is 11.6 Å². The Labute approximate surface area is 101 Å². The highest BCUT2D eigenvalue weighted by Gasteiger charge is 2.29. The van der Waals surface area contributed by atoms with Crippen LogP contribution in [0.5, 0.6) is 0 Å². The number of carbonyl (C=O) groups excluding carboxylic acids is 1. The summed E-state index contributed by atoms with van der Waals surface area (Å²) in [5, 5.41) is 0. The van der Waals surface area contributed by atoms with Gasteiger partial charge in [-0.2, -0.15) is 0 Å². The smallest absolute Gasteiger partial charge is 0.222 e. The number of nitrogen functional groups attached to an aromatic ring is 1. The largest absolute Gasteiger partial charge is 0.382 e. The van der Waals surface area contributed by atoms with Crippen molar-refractivity contribution in [3.63, 3.8) is 0 Å². The number of aromatic nitrogens is 1. The molecule has 1 aromatic heterocycles. The van der Waals surface area contributed by atoms with E-state index in [-0.39, 0.29) is 11.8 Å². The number of nitrogens with two attached hydrogens (primary N) is 2. The van der Waals surface area contributed by atoms with E-state index in [1.165, 1.54) is 0 Å². The molecule has 1 aromatic rings. The molecule has 1 saturated heterocycles. The van der Waals surface area contributed by atoms with E-state index in [0.717, 1.165) is 18.5 Å². The Kier molecular flexibility index (Phi) is 3.17. The molecule has 1 aliphatic heterocycles. The highest BCUT2D eigenvalue weighted by atomic mass is 16.1. The first-order chi connectivity index (χ1) is 8.09. The highest BCUT2D eigenvalue weighted by Crippen LogP contribution is 2.30. The molecule has 0 aliphatic carbocycles. The van der Waals surface area contributed by atoms with Crippen LogP contribution in [0.3, 0.4) is 0 Å². The summed E-state index contributed by atoms with van der Waals surface area (Å²) in [4.78, 5) is 17.5. The zero-order valence-corrected chi connectivity index (χ0v) is 9.97. The predicted octanol–water partition coefficient (Wildman–Crippen LogP) is 0.754. The van der Waals surface area contributed by atoms with Crippen molar-refractivity contribution in [2.75, 3.05) is 17.2 Å². The van der Waals surface area contributed by atoms with Crippen molar-refractivity contribution in [2.45, 2.75) is 25.8 Å². The van der Waals surface area contributed by atoms with E-state index in [0.29, 0.717) is 18.4 Å². The van der Waals surface area contributed by atoms with E-state index < -0.39 is 0 Å². The molecule has 92 valence electrons. The number of primary amides is 1. The number of hydrogen-bond donors (Lipinski definition) is 2. The van der Waals surface area contributed by atoms with E-state index in [1.807, 2.05) is 12.1 Å². The first-order valence-corrected chi connectivity index (χ1v) is 5.86. The van der Waals surface area contributed by atoms with Crippen molar-refractivity contribution in [1.29, 1.82) is 0 Å². The second-order valence-electron chi connectivity index (χ2n) is 4.59. The average molecular weight is 234 g/mol. The lowest BCUT2D eigenvalue weighted by molar-refractivity contribution is -0.122. The van der Waals surface area contributed by atoms with Crippen LogP contribution in [0.15, 0.2) is 18.3 Å². The molecule has 2 unspecified atom stereocenters. The molecule has 0 radical (unpaired) electrons. The first-order valence-electron chi connectivity index (χ1n) is 5.86. The van der Waals surface area contributed by atoms with Gasteiger partial charge in [-0.3, -0.25) is 4.79 Å². The van der Waals surface area contributed by atoms with Gasteiger partial charge in [0.25, 0.3) is 0 Å². The number of pyridine rings is 1. The third kappa shape index (κ3) is 2.33. The third-order valence-corrected chi connectivity index (χ3v) is 3.41. The molecular weight excluding hydrogens is 216 g/mol. The molecule has 0 bridgehead atoms. The van der Waals surface area contributed by atoms with Crippen molar-refractivity contribution < 1.29 is 4.79 Å². The van der Waals surface area contributed by atoms with Crippen molar-refractivity contribution in [3.05, 3.63) is 18.3 Å². The fraction of sp³-hybridized carbons (Fsp3) is 0.500. The minimum atomic E-state index is -0.232. The molecule has 0 saturated carbocycles. The van der Waals surface area contributed by atoms with Crippen LogP contribution >= 0.6 is 0 Å². The molecule has 2 rings (SSSR count). The van der Waals surface area contributed by atoms with Crippen LogP contribution in [0.1, 0.15) is 19.8 Å². The van der Waals surface area contributed by atoms with E-state index in [4.69, 9.17) is 11.5 Å². The Morgan fingerprint density at radius 2 is 2.29 bits per heavy atom. The van der Waals surface area contributed by atoms with Gasteiger partial charge >= 0.3 is 0 Å². The molecule has 1 fully saturated rings. The van der Waals surface area contributed by atoms with Crippen LogP contribution in [-0.2, 0) is 4.79 Å². The topological polar surface area (TPSA) is 85.2 Å². The highest BCUT2D eigenvalue weighted by molar-refractivity contribution is 5.78. The molecule has 17 heavy (non-hydrogen) atoms. The van der Waals surface area contributed by atoms with Crippen LogP contribution < -0.4 is 16.4 Å². The summed E-state index contributed by atoms with van der Waals surface area (Å²) in [7, 11) is 0. The van der Waals surface area contributed by atoms with Gasteiger partial charge in [-0.25, -0.2) is 4.98 Å². The van der Waals surface area contributed by atoms with E-state index >= 15 is 0 Å². The van der Waals surface area contributed by atoms with Gasteiger partial charge in [0, 0.05) is 18.8 Å². The molecule has 0 spiro atoms. The summed E-state index contributed by atoms with van der Waals surface area (Å²) in [6.45, 7) is 2.76.